The van der Waals surface area contributed by atoms with Crippen LogP contribution in [0.4, 0.5) is 0 Å². The van der Waals surface area contributed by atoms with Crippen LogP contribution in [0.25, 0.3) is 0 Å². The zero-order valence-electron chi connectivity index (χ0n) is 9.23. The van der Waals surface area contributed by atoms with Crippen molar-refractivity contribution in [3.8, 4) is 0 Å². The Balaban J connectivity index is 2.28. The largest absolute Gasteiger partial charge is 0.445 e. The highest BCUT2D eigenvalue weighted by atomic mass is 16.7. The minimum atomic E-state index is -0.320. The van der Waals surface area contributed by atoms with Gasteiger partial charge in [0.25, 0.3) is 0 Å². The Hall–Kier alpha value is -1.35. The molecule has 0 spiro atoms. The number of nitrogens with zero attached hydrogens (tertiary/aromatic N) is 1. The molecular formula is C12H15NO2. The molecule has 0 bridgehead atoms. The maximum absolute atomic E-state index is 5.64. The van der Waals surface area contributed by atoms with Gasteiger partial charge in [-0.3, -0.25) is 0 Å². The van der Waals surface area contributed by atoms with Gasteiger partial charge in [-0.2, -0.15) is 0 Å². The molecule has 1 aliphatic heterocycles. The fourth-order valence-electron chi connectivity index (χ4n) is 1.64. The molecule has 3 heteroatoms. The number of hydrogen-bond donors (Lipinski definition) is 0. The molecule has 1 aromatic rings. The van der Waals surface area contributed by atoms with Gasteiger partial charge in [-0.05, 0) is 26.0 Å². The van der Waals surface area contributed by atoms with Crippen LogP contribution >= 0.6 is 0 Å². The van der Waals surface area contributed by atoms with Crippen molar-refractivity contribution in [2.24, 2.45) is 4.99 Å². The first-order chi connectivity index (χ1) is 7.13. The molecule has 2 rings (SSSR count). The zero-order valence-corrected chi connectivity index (χ0v) is 9.23. The number of aliphatic imine (C=N–C) groups is 1. The molecule has 0 saturated heterocycles. The lowest BCUT2D eigenvalue weighted by molar-refractivity contribution is -0.0833. The summed E-state index contributed by atoms with van der Waals surface area (Å²) in [5.41, 5.74) is 0.671. The SMILES string of the molecule is COC1OC(c2ccccc2)=NC1(C)C. The molecule has 80 valence electrons. The molecule has 0 fully saturated rings. The molecule has 0 amide bonds. The molecule has 0 aliphatic carbocycles. The van der Waals surface area contributed by atoms with Crippen molar-refractivity contribution >= 4 is 5.90 Å². The molecule has 0 N–H and O–H groups in total. The summed E-state index contributed by atoms with van der Waals surface area (Å²) >= 11 is 0. The van der Waals surface area contributed by atoms with E-state index in [-0.39, 0.29) is 11.8 Å². The van der Waals surface area contributed by atoms with Gasteiger partial charge in [0.05, 0.1) is 0 Å². The Kier molecular flexibility index (Phi) is 2.49. The minimum absolute atomic E-state index is 0.298. The van der Waals surface area contributed by atoms with Crippen LogP contribution in [0.1, 0.15) is 19.4 Å². The van der Waals surface area contributed by atoms with Crippen molar-refractivity contribution < 1.29 is 9.47 Å². The minimum Gasteiger partial charge on any atom is -0.445 e. The molecule has 3 nitrogen and oxygen atoms in total. The summed E-state index contributed by atoms with van der Waals surface area (Å²) in [6.07, 6.45) is -0.298. The first-order valence-electron chi connectivity index (χ1n) is 4.98. The van der Waals surface area contributed by atoms with E-state index in [2.05, 4.69) is 4.99 Å². The van der Waals surface area contributed by atoms with Crippen LogP contribution in [0, 0.1) is 0 Å². The van der Waals surface area contributed by atoms with Gasteiger partial charge in [0.1, 0.15) is 5.54 Å². The second kappa shape index (κ2) is 3.66. The van der Waals surface area contributed by atoms with Gasteiger partial charge >= 0.3 is 0 Å². The van der Waals surface area contributed by atoms with Gasteiger partial charge in [-0.15, -0.1) is 0 Å². The Morgan fingerprint density at radius 2 is 1.93 bits per heavy atom. The maximum Gasteiger partial charge on any atom is 0.226 e. The van der Waals surface area contributed by atoms with Gasteiger partial charge in [0, 0.05) is 12.7 Å². The van der Waals surface area contributed by atoms with E-state index >= 15 is 0 Å². The average Bonchev–Trinajstić information content (AvgIpc) is 2.55. The van der Waals surface area contributed by atoms with Crippen LogP contribution in [0.15, 0.2) is 35.3 Å². The van der Waals surface area contributed by atoms with Gasteiger partial charge in [-0.25, -0.2) is 4.99 Å². The topological polar surface area (TPSA) is 30.8 Å². The van der Waals surface area contributed by atoms with Crippen molar-refractivity contribution in [3.63, 3.8) is 0 Å². The molecule has 0 radical (unpaired) electrons. The second-order valence-electron chi connectivity index (χ2n) is 4.12. The van der Waals surface area contributed by atoms with E-state index in [1.807, 2.05) is 44.2 Å². The summed E-state index contributed by atoms with van der Waals surface area (Å²) in [6, 6.07) is 9.86. The summed E-state index contributed by atoms with van der Waals surface area (Å²) in [5.74, 6) is 0.660. The summed E-state index contributed by atoms with van der Waals surface area (Å²) < 4.78 is 10.9. The third kappa shape index (κ3) is 1.88. The normalized spacial score (nSPS) is 23.4. The van der Waals surface area contributed by atoms with E-state index < -0.39 is 0 Å². The monoisotopic (exact) mass is 205 g/mol. The highest BCUT2D eigenvalue weighted by Crippen LogP contribution is 2.27. The highest BCUT2D eigenvalue weighted by molar-refractivity contribution is 5.95. The highest BCUT2D eigenvalue weighted by Gasteiger charge is 2.38. The maximum atomic E-state index is 5.64. The molecule has 1 aliphatic rings. The lowest BCUT2D eigenvalue weighted by Gasteiger charge is -2.20. The fourth-order valence-corrected chi connectivity index (χ4v) is 1.64. The van der Waals surface area contributed by atoms with Crippen LogP contribution in [-0.4, -0.2) is 24.8 Å². The number of hydrogen-bond acceptors (Lipinski definition) is 3. The predicted octanol–water partition coefficient (Wildman–Crippen LogP) is 2.21. The quantitative estimate of drug-likeness (QED) is 0.741. The number of benzene rings is 1. The Bertz CT molecular complexity index is 370. The third-order valence-corrected chi connectivity index (χ3v) is 2.42. The van der Waals surface area contributed by atoms with E-state index in [1.165, 1.54) is 0 Å². The molecule has 1 aromatic carbocycles. The fraction of sp³-hybridized carbons (Fsp3) is 0.417. The molecular weight excluding hydrogens is 190 g/mol. The molecule has 1 atom stereocenters. The van der Waals surface area contributed by atoms with Crippen LogP contribution in [-0.2, 0) is 9.47 Å². The molecule has 0 saturated carbocycles. The molecule has 1 unspecified atom stereocenters. The van der Waals surface area contributed by atoms with Crippen LogP contribution in [0.2, 0.25) is 0 Å². The Labute approximate surface area is 89.7 Å². The number of ether oxygens (including phenoxy) is 2. The first-order valence-corrected chi connectivity index (χ1v) is 4.98. The summed E-state index contributed by atoms with van der Waals surface area (Å²) in [6.45, 7) is 3.99. The van der Waals surface area contributed by atoms with Crippen LogP contribution in [0.5, 0.6) is 0 Å². The average molecular weight is 205 g/mol. The van der Waals surface area contributed by atoms with Crippen LogP contribution < -0.4 is 0 Å². The van der Waals surface area contributed by atoms with Gasteiger partial charge in [-0.1, -0.05) is 18.2 Å². The number of rotatable bonds is 2. The summed E-state index contributed by atoms with van der Waals surface area (Å²) in [7, 11) is 1.63. The van der Waals surface area contributed by atoms with E-state index in [4.69, 9.17) is 9.47 Å². The lowest BCUT2D eigenvalue weighted by atomic mass is 10.1. The van der Waals surface area contributed by atoms with E-state index in [0.29, 0.717) is 5.90 Å². The van der Waals surface area contributed by atoms with Crippen molar-refractivity contribution in [2.75, 3.05) is 7.11 Å². The Morgan fingerprint density at radius 1 is 1.27 bits per heavy atom. The number of methoxy groups -OCH3 is 1. The van der Waals surface area contributed by atoms with Crippen LogP contribution in [0.3, 0.4) is 0 Å². The second-order valence-corrected chi connectivity index (χ2v) is 4.12. The molecule has 0 aromatic heterocycles. The zero-order chi connectivity index (χ0) is 10.9. The predicted molar refractivity (Wildman–Crippen MR) is 58.9 cm³/mol. The van der Waals surface area contributed by atoms with Crippen molar-refractivity contribution in [2.45, 2.75) is 25.7 Å². The molecule has 15 heavy (non-hydrogen) atoms. The van der Waals surface area contributed by atoms with Crippen molar-refractivity contribution in [3.05, 3.63) is 35.9 Å². The van der Waals surface area contributed by atoms with Crippen molar-refractivity contribution in [1.82, 2.24) is 0 Å². The van der Waals surface area contributed by atoms with E-state index in [9.17, 15) is 0 Å². The van der Waals surface area contributed by atoms with Gasteiger partial charge < -0.3 is 9.47 Å². The van der Waals surface area contributed by atoms with E-state index in [1.54, 1.807) is 7.11 Å². The van der Waals surface area contributed by atoms with Crippen molar-refractivity contribution in [1.29, 1.82) is 0 Å². The smallest absolute Gasteiger partial charge is 0.226 e. The van der Waals surface area contributed by atoms with E-state index in [0.717, 1.165) is 5.56 Å². The van der Waals surface area contributed by atoms with Gasteiger partial charge in [0.15, 0.2) is 0 Å². The third-order valence-electron chi connectivity index (χ3n) is 2.42. The summed E-state index contributed by atoms with van der Waals surface area (Å²) in [4.78, 5) is 4.51. The standard InChI is InChI=1S/C12H15NO2/c1-12(2)11(14-3)15-10(13-12)9-7-5-4-6-8-9/h4-8,11H,1-3H3. The van der Waals surface area contributed by atoms with Gasteiger partial charge in [0.2, 0.25) is 12.2 Å². The lowest BCUT2D eigenvalue weighted by Crippen LogP contribution is -2.32. The Morgan fingerprint density at radius 3 is 2.47 bits per heavy atom. The molecule has 1 heterocycles. The first kappa shape index (κ1) is 10.2. The summed E-state index contributed by atoms with van der Waals surface area (Å²) in [5, 5.41) is 0.